The highest BCUT2D eigenvalue weighted by Crippen LogP contribution is 2.63. The molecule has 0 unspecified atom stereocenters. The molecule has 1 saturated carbocycles. The molecule has 0 radical (unpaired) electrons. The summed E-state index contributed by atoms with van der Waals surface area (Å²) in [7, 11) is 2.26. The molecule has 5 aliphatic rings. The van der Waals surface area contributed by atoms with Gasteiger partial charge in [0.2, 0.25) is 0 Å². The third-order valence-corrected chi connectivity index (χ3v) is 11.7. The quantitative estimate of drug-likeness (QED) is 0.442. The third kappa shape index (κ3) is 2.41. The zero-order valence-corrected chi connectivity index (χ0v) is 22.3. The smallest absolute Gasteiger partial charge is 0.0950 e. The van der Waals surface area contributed by atoms with Crippen molar-refractivity contribution in [2.45, 2.75) is 103 Å². The molecule has 0 spiro atoms. The van der Waals surface area contributed by atoms with Crippen LogP contribution in [0.4, 0.5) is 17.1 Å². The third-order valence-electron chi connectivity index (χ3n) is 11.7. The largest absolute Gasteiger partial charge is 0.355 e. The van der Waals surface area contributed by atoms with Crippen LogP contribution in [0.2, 0.25) is 0 Å². The van der Waals surface area contributed by atoms with E-state index in [9.17, 15) is 0 Å². The maximum atomic E-state index is 2.58. The molecule has 0 aromatic heterocycles. The second-order valence-corrected chi connectivity index (χ2v) is 13.9. The second kappa shape index (κ2) is 5.99. The van der Waals surface area contributed by atoms with Crippen LogP contribution in [0.5, 0.6) is 0 Å². The van der Waals surface area contributed by atoms with Gasteiger partial charge in [-0.15, -0.1) is 0 Å². The summed E-state index contributed by atoms with van der Waals surface area (Å²) in [6, 6.07) is 12.5. The molecule has 2 nitrogen and oxygen atoms in total. The minimum atomic E-state index is 0.132. The molecule has 1 fully saturated rings. The van der Waals surface area contributed by atoms with Crippen LogP contribution < -0.4 is 9.80 Å². The molecule has 0 amide bonds. The number of fused-ring (bicyclic) bond motifs is 4. The van der Waals surface area contributed by atoms with Gasteiger partial charge in [0.25, 0.3) is 0 Å². The summed E-state index contributed by atoms with van der Waals surface area (Å²) in [6.45, 7) is 20.6. The lowest BCUT2D eigenvalue weighted by molar-refractivity contribution is 0.125. The molecule has 0 atom stereocenters. The molecule has 0 N–H and O–H groups in total. The van der Waals surface area contributed by atoms with Crippen molar-refractivity contribution in [3.05, 3.63) is 52.6 Å². The molecule has 7 rings (SSSR count). The molecule has 2 aromatic carbocycles. The van der Waals surface area contributed by atoms with E-state index in [-0.39, 0.29) is 16.2 Å². The number of nitrogens with zero attached hydrogens (tertiary/aromatic N) is 2. The van der Waals surface area contributed by atoms with E-state index >= 15 is 0 Å². The highest BCUT2D eigenvalue weighted by Gasteiger charge is 2.57. The van der Waals surface area contributed by atoms with Crippen molar-refractivity contribution in [2.75, 3.05) is 23.5 Å². The van der Waals surface area contributed by atoms with Crippen molar-refractivity contribution in [3.63, 3.8) is 0 Å². The van der Waals surface area contributed by atoms with Crippen LogP contribution in [0.25, 0.3) is 0 Å². The number of hydrogen-bond donors (Lipinski definition) is 0. The van der Waals surface area contributed by atoms with Gasteiger partial charge < -0.3 is 9.80 Å². The first-order chi connectivity index (χ1) is 15.2. The fraction of sp³-hybridized carbons (Fsp3) is 0.613. The molecule has 1 heterocycles. The minimum Gasteiger partial charge on any atom is -0.355 e. The van der Waals surface area contributed by atoms with Crippen LogP contribution in [-0.4, -0.2) is 13.7 Å². The Morgan fingerprint density at radius 3 is 1.70 bits per heavy atom. The Kier molecular flexibility index (Phi) is 3.91. The monoisotopic (exact) mass is 442 g/mol. The van der Waals surface area contributed by atoms with Crippen molar-refractivity contribution in [3.8, 4) is 0 Å². The number of hydrogen-bond acceptors (Lipinski definition) is 2. The van der Waals surface area contributed by atoms with Crippen LogP contribution in [0.3, 0.4) is 0 Å². The van der Waals surface area contributed by atoms with Gasteiger partial charge in [-0.3, -0.25) is 0 Å². The molecule has 2 heteroatoms. The molecular formula is C31H42N2. The van der Waals surface area contributed by atoms with E-state index in [1.807, 2.05) is 0 Å². The molecule has 176 valence electrons. The summed E-state index contributed by atoms with van der Waals surface area (Å²) in [5.74, 6) is 0. The van der Waals surface area contributed by atoms with E-state index in [2.05, 4.69) is 103 Å². The molecular weight excluding hydrogens is 400 g/mol. The van der Waals surface area contributed by atoms with Crippen molar-refractivity contribution < 1.29 is 0 Å². The Balaban J connectivity index is 1.50. The molecule has 33 heavy (non-hydrogen) atoms. The normalized spacial score (nSPS) is 32.0. The second-order valence-electron chi connectivity index (χ2n) is 13.9. The zero-order valence-electron chi connectivity index (χ0n) is 22.3. The predicted octanol–water partition coefficient (Wildman–Crippen LogP) is 7.93. The van der Waals surface area contributed by atoms with Gasteiger partial charge in [-0.25, -0.2) is 0 Å². The lowest BCUT2D eigenvalue weighted by Gasteiger charge is -2.52. The van der Waals surface area contributed by atoms with E-state index in [0.29, 0.717) is 10.8 Å². The molecule has 1 aliphatic heterocycles. The first kappa shape index (κ1) is 21.6. The Bertz CT molecular complexity index is 1170. The Morgan fingerprint density at radius 2 is 1.12 bits per heavy atom. The number of benzene rings is 2. The standard InChI is InChI=1S/C31H42N2/c1-27(2)21-11-10-20(16-22(21)28(3,4)29(27,5)6)33-19-32(9)25-17-23-24(18-26(25)33)31(8)14-12-30(23,7)13-15-31/h10-11,16-18H,12-15,19H2,1-9H3. The average Bonchev–Trinajstić information content (AvgIpc) is 3.14. The molecule has 0 saturated heterocycles. The topological polar surface area (TPSA) is 6.48 Å². The van der Waals surface area contributed by atoms with Gasteiger partial charge in [0.1, 0.15) is 0 Å². The van der Waals surface area contributed by atoms with Crippen LogP contribution in [0, 0.1) is 5.41 Å². The van der Waals surface area contributed by atoms with Crippen molar-refractivity contribution >= 4 is 17.1 Å². The summed E-state index contributed by atoms with van der Waals surface area (Å²) >= 11 is 0. The van der Waals surface area contributed by atoms with E-state index in [1.54, 1.807) is 11.1 Å². The maximum Gasteiger partial charge on any atom is 0.0950 e. The van der Waals surface area contributed by atoms with Gasteiger partial charge in [0, 0.05) is 12.7 Å². The predicted molar refractivity (Wildman–Crippen MR) is 141 cm³/mol. The highest BCUT2D eigenvalue weighted by atomic mass is 15.4. The summed E-state index contributed by atoms with van der Waals surface area (Å²) in [5.41, 5.74) is 11.7. The van der Waals surface area contributed by atoms with Crippen LogP contribution in [-0.2, 0) is 21.7 Å². The number of rotatable bonds is 1. The molecule has 2 bridgehead atoms. The van der Waals surface area contributed by atoms with Crippen molar-refractivity contribution in [1.82, 2.24) is 0 Å². The maximum absolute atomic E-state index is 2.58. The van der Waals surface area contributed by atoms with Gasteiger partial charge in [0.05, 0.1) is 18.0 Å². The minimum absolute atomic E-state index is 0.132. The Morgan fingerprint density at radius 1 is 0.606 bits per heavy atom. The average molecular weight is 443 g/mol. The number of anilines is 3. The van der Waals surface area contributed by atoms with Crippen molar-refractivity contribution in [2.24, 2.45) is 5.41 Å². The van der Waals surface area contributed by atoms with Crippen LogP contribution >= 0.6 is 0 Å². The molecule has 4 aliphatic carbocycles. The first-order valence-corrected chi connectivity index (χ1v) is 13.1. The van der Waals surface area contributed by atoms with E-state index in [1.165, 1.54) is 53.9 Å². The summed E-state index contributed by atoms with van der Waals surface area (Å²) < 4.78 is 0. The fourth-order valence-electron chi connectivity index (χ4n) is 7.79. The van der Waals surface area contributed by atoms with E-state index < -0.39 is 0 Å². The highest BCUT2D eigenvalue weighted by molar-refractivity contribution is 5.85. The lowest BCUT2D eigenvalue weighted by Crippen LogP contribution is -2.44. The van der Waals surface area contributed by atoms with E-state index in [0.717, 1.165) is 6.67 Å². The van der Waals surface area contributed by atoms with Crippen LogP contribution in [0.15, 0.2) is 30.3 Å². The van der Waals surface area contributed by atoms with Gasteiger partial charge in [-0.2, -0.15) is 0 Å². The first-order valence-electron chi connectivity index (χ1n) is 13.1. The Labute approximate surface area is 201 Å². The SMILES string of the molecule is CN1CN(c2ccc3c(c2)C(C)(C)C(C)(C)C3(C)C)c2cc3c(cc21)C1(C)CCC3(C)CC1. The van der Waals surface area contributed by atoms with Gasteiger partial charge >= 0.3 is 0 Å². The summed E-state index contributed by atoms with van der Waals surface area (Å²) in [4.78, 5) is 5.02. The summed E-state index contributed by atoms with van der Waals surface area (Å²) in [6.07, 6.45) is 5.35. The van der Waals surface area contributed by atoms with E-state index in [4.69, 9.17) is 0 Å². The molecule has 2 aromatic rings. The lowest BCUT2D eigenvalue weighted by atomic mass is 9.52. The zero-order chi connectivity index (χ0) is 23.8. The van der Waals surface area contributed by atoms with Crippen LogP contribution in [0.1, 0.15) is 103 Å². The fourth-order valence-corrected chi connectivity index (χ4v) is 7.79. The van der Waals surface area contributed by atoms with Gasteiger partial charge in [0.15, 0.2) is 0 Å². The summed E-state index contributed by atoms with van der Waals surface area (Å²) in [5, 5.41) is 0. The van der Waals surface area contributed by atoms with Gasteiger partial charge in [-0.1, -0.05) is 61.5 Å². The Hall–Kier alpha value is -1.96. The van der Waals surface area contributed by atoms with Gasteiger partial charge in [-0.05, 0) is 99.3 Å². The van der Waals surface area contributed by atoms with Crippen molar-refractivity contribution in [1.29, 1.82) is 0 Å².